The van der Waals surface area contributed by atoms with Crippen LogP contribution < -0.4 is 0 Å². The van der Waals surface area contributed by atoms with E-state index in [1.165, 1.54) is 0 Å². The highest BCUT2D eigenvalue weighted by molar-refractivity contribution is 5.81. The van der Waals surface area contributed by atoms with Gasteiger partial charge in [0.15, 0.2) is 0 Å². The fourth-order valence-corrected chi connectivity index (χ4v) is 2.66. The highest BCUT2D eigenvalue weighted by Gasteiger charge is 2.37. The van der Waals surface area contributed by atoms with E-state index in [0.29, 0.717) is 5.76 Å². The van der Waals surface area contributed by atoms with Crippen LogP contribution in [-0.2, 0) is 4.74 Å². The maximum atomic E-state index is 10.6. The number of methoxy groups -OCH3 is 1. The average Bonchev–Trinajstić information content (AvgIpc) is 2.86. The quantitative estimate of drug-likeness (QED) is 0.886. The summed E-state index contributed by atoms with van der Waals surface area (Å²) >= 11 is 0. The number of para-hydroxylation sites is 1. The number of fused-ring (bicyclic) bond motifs is 1. The van der Waals surface area contributed by atoms with Crippen LogP contribution in [0.4, 0.5) is 0 Å². The number of aliphatic hydroxyl groups is 1. The molecule has 0 saturated carbocycles. The Hall–Kier alpha value is -1.32. The second kappa shape index (κ2) is 5.35. The molecule has 2 aromatic rings. The molecule has 1 N–H and O–H groups in total. The van der Waals surface area contributed by atoms with Crippen LogP contribution in [0, 0.1) is 6.92 Å². The molecule has 1 unspecified atom stereocenters. The molecule has 0 saturated heterocycles. The zero-order valence-corrected chi connectivity index (χ0v) is 12.1. The molecule has 0 amide bonds. The van der Waals surface area contributed by atoms with Crippen LogP contribution >= 0.6 is 0 Å². The van der Waals surface area contributed by atoms with Gasteiger partial charge in [0, 0.05) is 12.5 Å². The van der Waals surface area contributed by atoms with Crippen LogP contribution in [-0.4, -0.2) is 17.8 Å². The number of aryl methyl sites for hydroxylation is 1. The van der Waals surface area contributed by atoms with Crippen molar-refractivity contribution < 1.29 is 14.3 Å². The van der Waals surface area contributed by atoms with Gasteiger partial charge >= 0.3 is 0 Å². The number of ether oxygens (including phenoxy) is 1. The highest BCUT2D eigenvalue weighted by Crippen LogP contribution is 2.37. The summed E-state index contributed by atoms with van der Waals surface area (Å²) in [5.41, 5.74) is 1.34. The summed E-state index contributed by atoms with van der Waals surface area (Å²) in [4.78, 5) is 0. The lowest BCUT2D eigenvalue weighted by Crippen LogP contribution is -2.37. The third kappa shape index (κ3) is 2.28. The van der Waals surface area contributed by atoms with Crippen molar-refractivity contribution in [2.24, 2.45) is 0 Å². The summed E-state index contributed by atoms with van der Waals surface area (Å²) in [7, 11) is 1.64. The van der Waals surface area contributed by atoms with Gasteiger partial charge in [-0.15, -0.1) is 0 Å². The molecule has 1 aromatic carbocycles. The van der Waals surface area contributed by atoms with Gasteiger partial charge < -0.3 is 14.3 Å². The summed E-state index contributed by atoms with van der Waals surface area (Å²) in [6.45, 7) is 6.04. The molecule has 0 aliphatic heterocycles. The van der Waals surface area contributed by atoms with Crippen LogP contribution in [0.3, 0.4) is 0 Å². The first-order chi connectivity index (χ1) is 9.07. The summed E-state index contributed by atoms with van der Waals surface area (Å²) in [6, 6.07) is 7.90. The van der Waals surface area contributed by atoms with Crippen molar-refractivity contribution in [1.82, 2.24) is 0 Å². The number of hydrogen-bond acceptors (Lipinski definition) is 3. The first kappa shape index (κ1) is 14.1. The topological polar surface area (TPSA) is 42.6 Å². The van der Waals surface area contributed by atoms with Gasteiger partial charge in [0.1, 0.15) is 23.0 Å². The molecule has 0 aliphatic carbocycles. The van der Waals surface area contributed by atoms with Gasteiger partial charge in [0.25, 0.3) is 0 Å². The summed E-state index contributed by atoms with van der Waals surface area (Å²) in [5, 5.41) is 11.6. The minimum absolute atomic E-state index is 0.579. The number of rotatable bonds is 5. The molecular weight excluding hydrogens is 240 g/mol. The first-order valence-electron chi connectivity index (χ1n) is 6.80. The molecule has 1 atom stereocenters. The van der Waals surface area contributed by atoms with Gasteiger partial charge in [0.05, 0.1) is 0 Å². The fraction of sp³-hybridized carbons (Fsp3) is 0.500. The van der Waals surface area contributed by atoms with Gasteiger partial charge in [0.2, 0.25) is 0 Å². The minimum Gasteiger partial charge on any atom is -0.458 e. The Morgan fingerprint density at radius 3 is 2.53 bits per heavy atom. The van der Waals surface area contributed by atoms with Crippen LogP contribution in [0.1, 0.15) is 44.1 Å². The van der Waals surface area contributed by atoms with Crippen LogP contribution in [0.15, 0.2) is 28.7 Å². The summed E-state index contributed by atoms with van der Waals surface area (Å²) < 4.78 is 11.4. The van der Waals surface area contributed by atoms with Crippen molar-refractivity contribution in [1.29, 1.82) is 0 Å². The van der Waals surface area contributed by atoms with E-state index in [2.05, 4.69) is 0 Å². The van der Waals surface area contributed by atoms with E-state index in [-0.39, 0.29) is 0 Å². The van der Waals surface area contributed by atoms with Gasteiger partial charge in [-0.3, -0.25) is 0 Å². The van der Waals surface area contributed by atoms with E-state index in [9.17, 15) is 5.11 Å². The van der Waals surface area contributed by atoms with Crippen LogP contribution in [0.25, 0.3) is 11.0 Å². The van der Waals surface area contributed by atoms with Gasteiger partial charge in [-0.25, -0.2) is 0 Å². The standard InChI is InChI=1S/C16H22O3/c1-5-16(6-2,18-4)15(17)13-10-12-9-7-8-11(3)14(12)19-13/h7-10,15,17H,5-6H2,1-4H3. The molecule has 0 aliphatic rings. The second-order valence-electron chi connectivity index (χ2n) is 5.02. The van der Waals surface area contributed by atoms with Crippen molar-refractivity contribution >= 4 is 11.0 Å². The lowest BCUT2D eigenvalue weighted by molar-refractivity contribution is -0.116. The van der Waals surface area contributed by atoms with E-state index in [1.54, 1.807) is 7.11 Å². The fourth-order valence-electron chi connectivity index (χ4n) is 2.66. The van der Waals surface area contributed by atoms with Crippen molar-refractivity contribution in [3.63, 3.8) is 0 Å². The molecule has 0 radical (unpaired) electrons. The lowest BCUT2D eigenvalue weighted by atomic mass is 9.89. The number of aliphatic hydroxyl groups excluding tert-OH is 1. The molecular formula is C16H22O3. The van der Waals surface area contributed by atoms with Crippen LogP contribution in [0.5, 0.6) is 0 Å². The smallest absolute Gasteiger partial charge is 0.140 e. The van der Waals surface area contributed by atoms with Crippen molar-refractivity contribution in [3.05, 3.63) is 35.6 Å². The summed E-state index contributed by atoms with van der Waals surface area (Å²) in [5.74, 6) is 0.579. The maximum Gasteiger partial charge on any atom is 0.140 e. The maximum absolute atomic E-state index is 10.6. The van der Waals surface area contributed by atoms with Crippen molar-refractivity contribution in [3.8, 4) is 0 Å². The third-order valence-corrected chi connectivity index (χ3v) is 4.13. The van der Waals surface area contributed by atoms with Crippen molar-refractivity contribution in [2.45, 2.75) is 45.3 Å². The third-order valence-electron chi connectivity index (χ3n) is 4.13. The Morgan fingerprint density at radius 1 is 1.32 bits per heavy atom. The number of hydrogen-bond donors (Lipinski definition) is 1. The predicted octanol–water partition coefficient (Wildman–Crippen LogP) is 3.98. The first-order valence-corrected chi connectivity index (χ1v) is 6.80. The minimum atomic E-state index is -0.751. The molecule has 0 bridgehead atoms. The van der Waals surface area contributed by atoms with E-state index in [4.69, 9.17) is 9.15 Å². The predicted molar refractivity (Wildman–Crippen MR) is 76.2 cm³/mol. The summed E-state index contributed by atoms with van der Waals surface area (Å²) in [6.07, 6.45) is 0.716. The Morgan fingerprint density at radius 2 is 2.00 bits per heavy atom. The second-order valence-corrected chi connectivity index (χ2v) is 5.02. The normalized spacial score (nSPS) is 13.9. The Kier molecular flexibility index (Phi) is 3.97. The zero-order valence-electron chi connectivity index (χ0n) is 12.1. The molecule has 2 rings (SSSR count). The van der Waals surface area contributed by atoms with Crippen molar-refractivity contribution in [2.75, 3.05) is 7.11 Å². The van der Waals surface area contributed by atoms with E-state index >= 15 is 0 Å². The van der Waals surface area contributed by atoms with Gasteiger partial charge in [-0.2, -0.15) is 0 Å². The molecule has 19 heavy (non-hydrogen) atoms. The Balaban J connectivity index is 2.46. The lowest BCUT2D eigenvalue weighted by Gasteiger charge is -2.33. The van der Waals surface area contributed by atoms with E-state index in [0.717, 1.165) is 29.4 Å². The SMILES string of the molecule is CCC(CC)(OC)C(O)c1cc2cccc(C)c2o1. The average molecular weight is 262 g/mol. The van der Waals surface area contributed by atoms with Gasteiger partial charge in [-0.05, 0) is 31.4 Å². The van der Waals surface area contributed by atoms with E-state index in [1.807, 2.05) is 45.0 Å². The largest absolute Gasteiger partial charge is 0.458 e. The number of benzene rings is 1. The number of furan rings is 1. The molecule has 0 spiro atoms. The van der Waals surface area contributed by atoms with Crippen LogP contribution in [0.2, 0.25) is 0 Å². The molecule has 1 heterocycles. The molecule has 3 heteroatoms. The highest BCUT2D eigenvalue weighted by atomic mass is 16.5. The monoisotopic (exact) mass is 262 g/mol. The molecule has 0 fully saturated rings. The Labute approximate surface area is 114 Å². The molecule has 3 nitrogen and oxygen atoms in total. The zero-order chi connectivity index (χ0) is 14.0. The Bertz CT molecular complexity index is 544. The molecule has 104 valence electrons. The van der Waals surface area contributed by atoms with E-state index < -0.39 is 11.7 Å². The van der Waals surface area contributed by atoms with Gasteiger partial charge in [-0.1, -0.05) is 32.0 Å². The molecule has 1 aromatic heterocycles.